The van der Waals surface area contributed by atoms with Crippen molar-refractivity contribution in [3.63, 3.8) is 0 Å². The van der Waals surface area contributed by atoms with Crippen molar-refractivity contribution in [1.82, 2.24) is 4.57 Å². The van der Waals surface area contributed by atoms with Gasteiger partial charge in [-0.05, 0) is 50.1 Å². The number of aromatic nitrogens is 1. The largest absolute Gasteiger partial charge is 0.481 e. The van der Waals surface area contributed by atoms with Crippen molar-refractivity contribution in [2.24, 2.45) is 7.05 Å². The van der Waals surface area contributed by atoms with E-state index < -0.39 is 29.5 Å². The van der Waals surface area contributed by atoms with Gasteiger partial charge in [-0.15, -0.1) is 0 Å². The highest BCUT2D eigenvalue weighted by Gasteiger charge is 2.34. The Bertz CT molecular complexity index is 883. The molecule has 1 heterocycles. The van der Waals surface area contributed by atoms with E-state index in [9.17, 15) is 23.9 Å². The SMILES string of the molecule is CCOC(=O)c1c(C)c(C(=O)c2ccc(F)cc2)n(C)c1C(CC)C(=O)O. The summed E-state index contributed by atoms with van der Waals surface area (Å²) in [7, 11) is 1.55. The van der Waals surface area contributed by atoms with Gasteiger partial charge in [-0.25, -0.2) is 9.18 Å². The van der Waals surface area contributed by atoms with Gasteiger partial charge in [0.1, 0.15) is 5.82 Å². The van der Waals surface area contributed by atoms with Crippen LogP contribution in [0.25, 0.3) is 0 Å². The summed E-state index contributed by atoms with van der Waals surface area (Å²) in [6.45, 7) is 5.05. The van der Waals surface area contributed by atoms with Crippen LogP contribution in [0.5, 0.6) is 0 Å². The molecule has 0 aliphatic carbocycles. The van der Waals surface area contributed by atoms with Crippen LogP contribution in [0.1, 0.15) is 63.9 Å². The van der Waals surface area contributed by atoms with Crippen LogP contribution in [0.2, 0.25) is 0 Å². The average Bonchev–Trinajstić information content (AvgIpc) is 2.86. The summed E-state index contributed by atoms with van der Waals surface area (Å²) < 4.78 is 19.7. The van der Waals surface area contributed by atoms with Crippen molar-refractivity contribution in [3.05, 3.63) is 58.2 Å². The first-order valence-corrected chi connectivity index (χ1v) is 8.63. The number of ketones is 1. The third kappa shape index (κ3) is 3.77. The molecule has 0 fully saturated rings. The first kappa shape index (κ1) is 20.4. The Labute approximate surface area is 156 Å². The molecular weight excluding hydrogens is 353 g/mol. The van der Waals surface area contributed by atoms with Gasteiger partial charge in [0, 0.05) is 18.3 Å². The molecule has 2 rings (SSSR count). The van der Waals surface area contributed by atoms with Gasteiger partial charge in [-0.1, -0.05) is 6.92 Å². The van der Waals surface area contributed by atoms with Gasteiger partial charge in [0.25, 0.3) is 0 Å². The first-order valence-electron chi connectivity index (χ1n) is 8.63. The smallest absolute Gasteiger partial charge is 0.340 e. The molecule has 0 bridgehead atoms. The highest BCUT2D eigenvalue weighted by atomic mass is 19.1. The lowest BCUT2D eigenvalue weighted by atomic mass is 9.96. The van der Waals surface area contributed by atoms with Crippen molar-refractivity contribution < 1.29 is 28.6 Å². The summed E-state index contributed by atoms with van der Waals surface area (Å²) in [5.74, 6) is -3.63. The van der Waals surface area contributed by atoms with E-state index in [1.54, 1.807) is 27.8 Å². The number of esters is 1. The van der Waals surface area contributed by atoms with E-state index in [0.29, 0.717) is 5.56 Å². The second-order valence-electron chi connectivity index (χ2n) is 6.15. The number of hydrogen-bond donors (Lipinski definition) is 1. The Morgan fingerprint density at radius 2 is 1.78 bits per heavy atom. The summed E-state index contributed by atoms with van der Waals surface area (Å²) >= 11 is 0. The molecule has 2 aromatic rings. The summed E-state index contributed by atoms with van der Waals surface area (Å²) in [5.41, 5.74) is 1.09. The van der Waals surface area contributed by atoms with Gasteiger partial charge in [-0.2, -0.15) is 0 Å². The molecule has 0 radical (unpaired) electrons. The van der Waals surface area contributed by atoms with Crippen LogP contribution in [0, 0.1) is 12.7 Å². The minimum absolute atomic E-state index is 0.0964. The van der Waals surface area contributed by atoms with Crippen LogP contribution in [-0.4, -0.2) is 34.0 Å². The molecule has 27 heavy (non-hydrogen) atoms. The predicted molar refractivity (Wildman–Crippen MR) is 96.6 cm³/mol. The third-order valence-electron chi connectivity index (χ3n) is 4.52. The maximum Gasteiger partial charge on any atom is 0.340 e. The quantitative estimate of drug-likeness (QED) is 0.592. The lowest BCUT2D eigenvalue weighted by Gasteiger charge is -2.15. The van der Waals surface area contributed by atoms with Crippen molar-refractivity contribution in [3.8, 4) is 0 Å². The van der Waals surface area contributed by atoms with Gasteiger partial charge in [0.2, 0.25) is 5.78 Å². The van der Waals surface area contributed by atoms with Crippen LogP contribution in [0.15, 0.2) is 24.3 Å². The molecule has 7 heteroatoms. The summed E-state index contributed by atoms with van der Waals surface area (Å²) in [6, 6.07) is 5.04. The number of halogens is 1. The van der Waals surface area contributed by atoms with Crippen LogP contribution in [-0.2, 0) is 16.6 Å². The summed E-state index contributed by atoms with van der Waals surface area (Å²) in [4.78, 5) is 37.2. The van der Waals surface area contributed by atoms with Crippen LogP contribution >= 0.6 is 0 Å². The molecule has 0 spiro atoms. The molecule has 1 N–H and O–H groups in total. The summed E-state index contributed by atoms with van der Waals surface area (Å²) in [5, 5.41) is 9.58. The lowest BCUT2D eigenvalue weighted by molar-refractivity contribution is -0.139. The summed E-state index contributed by atoms with van der Waals surface area (Å²) in [6.07, 6.45) is 0.239. The molecule has 0 aliphatic rings. The number of carboxylic acid groups (broad SMARTS) is 1. The van der Waals surface area contributed by atoms with Gasteiger partial charge in [-0.3, -0.25) is 9.59 Å². The van der Waals surface area contributed by atoms with E-state index >= 15 is 0 Å². The van der Waals surface area contributed by atoms with Crippen molar-refractivity contribution in [2.45, 2.75) is 33.1 Å². The number of ether oxygens (including phenoxy) is 1. The van der Waals surface area contributed by atoms with Crippen LogP contribution in [0.3, 0.4) is 0 Å². The van der Waals surface area contributed by atoms with Crippen molar-refractivity contribution in [2.75, 3.05) is 6.61 Å². The van der Waals surface area contributed by atoms with E-state index in [2.05, 4.69) is 0 Å². The Morgan fingerprint density at radius 1 is 1.19 bits per heavy atom. The van der Waals surface area contributed by atoms with Gasteiger partial charge < -0.3 is 14.4 Å². The third-order valence-corrected chi connectivity index (χ3v) is 4.52. The van der Waals surface area contributed by atoms with Crippen LogP contribution in [0.4, 0.5) is 4.39 Å². The number of rotatable bonds is 7. The molecule has 1 unspecified atom stereocenters. The fourth-order valence-electron chi connectivity index (χ4n) is 3.26. The molecule has 1 aromatic carbocycles. The predicted octanol–water partition coefficient (Wildman–Crippen LogP) is 3.46. The van der Waals surface area contributed by atoms with E-state index in [1.807, 2.05) is 0 Å². The Morgan fingerprint density at radius 3 is 2.26 bits per heavy atom. The second-order valence-corrected chi connectivity index (χ2v) is 6.15. The number of carbonyl (C=O) groups is 3. The zero-order chi connectivity index (χ0) is 20.3. The van der Waals surface area contributed by atoms with E-state index in [1.165, 1.54) is 28.8 Å². The van der Waals surface area contributed by atoms with Crippen molar-refractivity contribution >= 4 is 17.7 Å². The Balaban J connectivity index is 2.72. The molecule has 0 saturated carbocycles. The molecule has 6 nitrogen and oxygen atoms in total. The normalized spacial score (nSPS) is 11.9. The van der Waals surface area contributed by atoms with E-state index in [0.717, 1.165) is 0 Å². The monoisotopic (exact) mass is 375 g/mol. The minimum atomic E-state index is -1.09. The van der Waals surface area contributed by atoms with Gasteiger partial charge in [0.05, 0.1) is 23.8 Å². The average molecular weight is 375 g/mol. The highest BCUT2D eigenvalue weighted by molar-refractivity contribution is 6.11. The molecular formula is C20H22FNO5. The zero-order valence-corrected chi connectivity index (χ0v) is 15.7. The number of aliphatic carboxylic acids is 1. The van der Waals surface area contributed by atoms with Crippen LogP contribution < -0.4 is 0 Å². The molecule has 144 valence electrons. The number of carbonyl (C=O) groups excluding carboxylic acids is 2. The maximum absolute atomic E-state index is 13.2. The minimum Gasteiger partial charge on any atom is -0.481 e. The van der Waals surface area contributed by atoms with E-state index in [4.69, 9.17) is 4.74 Å². The van der Waals surface area contributed by atoms with E-state index in [-0.39, 0.29) is 35.5 Å². The number of hydrogen-bond acceptors (Lipinski definition) is 4. The highest BCUT2D eigenvalue weighted by Crippen LogP contribution is 2.32. The fourth-order valence-corrected chi connectivity index (χ4v) is 3.26. The Kier molecular flexibility index (Phi) is 6.15. The fraction of sp³-hybridized carbons (Fsp3) is 0.350. The molecule has 1 atom stereocenters. The molecule has 0 saturated heterocycles. The molecule has 0 aliphatic heterocycles. The maximum atomic E-state index is 13.2. The van der Waals surface area contributed by atoms with Crippen molar-refractivity contribution in [1.29, 1.82) is 0 Å². The second kappa shape index (κ2) is 8.16. The van der Waals surface area contributed by atoms with Gasteiger partial charge >= 0.3 is 11.9 Å². The van der Waals surface area contributed by atoms with Gasteiger partial charge in [0.15, 0.2) is 0 Å². The number of benzene rings is 1. The Hall–Kier alpha value is -2.96. The number of carboxylic acids is 1. The molecule has 0 amide bonds. The molecule has 1 aromatic heterocycles. The first-order chi connectivity index (χ1) is 12.7. The lowest BCUT2D eigenvalue weighted by Crippen LogP contribution is -2.19. The topological polar surface area (TPSA) is 85.6 Å². The standard InChI is InChI=1S/C20H22FNO5/c1-5-14(19(24)25)17-15(20(26)27-6-2)11(3)16(22(17)4)18(23)12-7-9-13(21)10-8-12/h7-10,14H,5-6H2,1-4H3,(H,24,25). The zero-order valence-electron chi connectivity index (χ0n) is 15.7. The number of nitrogens with zero attached hydrogens (tertiary/aromatic N) is 1.